The number of hydrogen-bond acceptors (Lipinski definition) is 6. The normalized spacial score (nSPS) is 16.8. The molecule has 1 aliphatic rings. The number of aryl methyl sites for hydroxylation is 3. The summed E-state index contributed by atoms with van der Waals surface area (Å²) >= 11 is 2.97. The lowest BCUT2D eigenvalue weighted by Gasteiger charge is -2.17. The molecule has 0 fully saturated rings. The van der Waals surface area contributed by atoms with E-state index in [0.717, 1.165) is 66.7 Å². The summed E-state index contributed by atoms with van der Waals surface area (Å²) in [5.41, 5.74) is 14.0. The van der Waals surface area contributed by atoms with Crippen LogP contribution in [-0.2, 0) is 17.6 Å². The molecular formula is C29H28N4OS2. The molecule has 0 unspecified atom stereocenters. The Morgan fingerprint density at radius 2 is 1.69 bits per heavy atom. The maximum Gasteiger partial charge on any atom is 0.243 e. The zero-order valence-corrected chi connectivity index (χ0v) is 22.2. The summed E-state index contributed by atoms with van der Waals surface area (Å²) in [6.07, 6.45) is 1.67. The van der Waals surface area contributed by atoms with Crippen molar-refractivity contribution in [3.63, 3.8) is 0 Å². The number of carbonyl (C=O) groups is 1. The molecule has 182 valence electrons. The van der Waals surface area contributed by atoms with Gasteiger partial charge in [0.2, 0.25) is 5.91 Å². The van der Waals surface area contributed by atoms with Crippen molar-refractivity contribution in [3.8, 4) is 0 Å². The van der Waals surface area contributed by atoms with Gasteiger partial charge >= 0.3 is 0 Å². The summed E-state index contributed by atoms with van der Waals surface area (Å²) in [6, 6.07) is 22.2. The molecule has 1 amide bonds. The molecule has 5 nitrogen and oxygen atoms in total. The molecule has 0 bridgehead atoms. The number of carbonyl (C=O) groups excluding carboxylic acids is 1. The van der Waals surface area contributed by atoms with E-state index in [9.17, 15) is 4.79 Å². The largest absolute Gasteiger partial charge is 0.400 e. The number of amides is 1. The maximum absolute atomic E-state index is 13.7. The third kappa shape index (κ3) is 4.56. The number of thiazole rings is 1. The van der Waals surface area contributed by atoms with E-state index in [1.807, 2.05) is 61.5 Å². The second kappa shape index (κ2) is 10.3. The number of thioether (sulfide) groups is 1. The first-order chi connectivity index (χ1) is 17.5. The highest BCUT2D eigenvalue weighted by molar-refractivity contribution is 8.16. The number of anilines is 1. The first-order valence-corrected chi connectivity index (χ1v) is 13.8. The fourth-order valence-electron chi connectivity index (χ4n) is 4.35. The van der Waals surface area contributed by atoms with Crippen LogP contribution in [0.25, 0.3) is 15.8 Å². The number of fused-ring (bicyclic) bond motifs is 1. The van der Waals surface area contributed by atoms with Crippen LogP contribution in [0.4, 0.5) is 11.4 Å². The van der Waals surface area contributed by atoms with E-state index in [1.54, 1.807) is 11.3 Å². The molecule has 4 aromatic rings. The van der Waals surface area contributed by atoms with Gasteiger partial charge in [0.05, 0.1) is 21.5 Å². The smallest absolute Gasteiger partial charge is 0.243 e. The Bertz CT molecular complexity index is 1460. The molecule has 0 aliphatic carbocycles. The van der Waals surface area contributed by atoms with Crippen molar-refractivity contribution in [2.24, 2.45) is 10.7 Å². The fraction of sp³-hybridized carbons (Fsp3) is 0.207. The van der Waals surface area contributed by atoms with Crippen LogP contribution >= 0.6 is 23.1 Å². The van der Waals surface area contributed by atoms with Crippen molar-refractivity contribution in [1.29, 1.82) is 0 Å². The number of hydrogen-bond donors (Lipinski definition) is 2. The summed E-state index contributed by atoms with van der Waals surface area (Å²) < 4.78 is 1.07. The van der Waals surface area contributed by atoms with E-state index in [-0.39, 0.29) is 5.91 Å². The van der Waals surface area contributed by atoms with Crippen molar-refractivity contribution in [2.45, 2.75) is 38.9 Å². The lowest BCUT2D eigenvalue weighted by Crippen LogP contribution is -2.29. The average Bonchev–Trinajstić information content (AvgIpc) is 3.45. The quantitative estimate of drug-likeness (QED) is 0.295. The monoisotopic (exact) mass is 512 g/mol. The summed E-state index contributed by atoms with van der Waals surface area (Å²) in [4.78, 5) is 23.5. The number of nitrogens with two attached hydrogens (primary N) is 1. The molecular weight excluding hydrogens is 484 g/mol. The van der Waals surface area contributed by atoms with Crippen LogP contribution in [0.3, 0.4) is 0 Å². The number of para-hydroxylation sites is 3. The van der Waals surface area contributed by atoms with Crippen molar-refractivity contribution in [1.82, 2.24) is 4.98 Å². The molecule has 1 aromatic heterocycles. The minimum absolute atomic E-state index is 0.137. The zero-order valence-electron chi connectivity index (χ0n) is 20.5. The summed E-state index contributed by atoms with van der Waals surface area (Å²) in [6.45, 7) is 6.23. The van der Waals surface area contributed by atoms with Crippen LogP contribution in [0.5, 0.6) is 0 Å². The molecule has 2 heterocycles. The fourth-order valence-corrected chi connectivity index (χ4v) is 6.57. The topological polar surface area (TPSA) is 80.4 Å². The van der Waals surface area contributed by atoms with E-state index >= 15 is 0 Å². The van der Waals surface area contributed by atoms with E-state index in [2.05, 4.69) is 31.3 Å². The van der Waals surface area contributed by atoms with Gasteiger partial charge in [0.15, 0.2) is 0 Å². The number of nitrogens with one attached hydrogen (secondary N) is 1. The van der Waals surface area contributed by atoms with Crippen molar-refractivity contribution < 1.29 is 4.79 Å². The van der Waals surface area contributed by atoms with Gasteiger partial charge in [-0.15, -0.1) is 11.3 Å². The van der Waals surface area contributed by atoms with Gasteiger partial charge < -0.3 is 11.1 Å². The summed E-state index contributed by atoms with van der Waals surface area (Å²) in [5.74, 6) is -0.137. The highest BCUT2D eigenvalue weighted by atomic mass is 32.2. The highest BCUT2D eigenvalue weighted by Crippen LogP contribution is 2.42. The first kappa shape index (κ1) is 24.3. The van der Waals surface area contributed by atoms with Gasteiger partial charge in [-0.3, -0.25) is 4.79 Å². The van der Waals surface area contributed by atoms with Crippen LogP contribution < -0.4 is 11.1 Å². The van der Waals surface area contributed by atoms with Gasteiger partial charge in [-0.2, -0.15) is 0 Å². The van der Waals surface area contributed by atoms with Gasteiger partial charge in [0.1, 0.15) is 15.3 Å². The Morgan fingerprint density at radius 1 is 1.00 bits per heavy atom. The molecule has 5 rings (SSSR count). The van der Waals surface area contributed by atoms with Crippen molar-refractivity contribution in [3.05, 3.63) is 94.1 Å². The van der Waals surface area contributed by atoms with E-state index in [4.69, 9.17) is 15.7 Å². The molecule has 36 heavy (non-hydrogen) atoms. The molecule has 0 saturated carbocycles. The number of aromatic nitrogens is 1. The number of nitrogens with zero attached hydrogens (tertiary/aromatic N) is 2. The van der Waals surface area contributed by atoms with Crippen LogP contribution in [0.1, 0.15) is 35.5 Å². The molecule has 3 aromatic carbocycles. The van der Waals surface area contributed by atoms with Gasteiger partial charge in [0, 0.05) is 11.4 Å². The summed E-state index contributed by atoms with van der Waals surface area (Å²) in [7, 11) is 0. The standard InChI is InChI=1S/C29H28N4OS2/c1-4-18-12-10-13-19(5-2)25(18)33-27(34)26-24(30)23(28-32-21-15-8-9-16-22(21)35-28)29(36-26)31-20-14-7-6-11-17(20)3/h6-16,26H,4-5,30H2,1-3H3,(H,33,34)/t26-/m0/s1. The van der Waals surface area contributed by atoms with E-state index in [0.29, 0.717) is 5.70 Å². The number of aliphatic imine (C=N–C) groups is 1. The summed E-state index contributed by atoms with van der Waals surface area (Å²) in [5, 5.41) is 4.12. The van der Waals surface area contributed by atoms with Gasteiger partial charge in [-0.05, 0) is 54.7 Å². The Balaban J connectivity index is 1.58. The van der Waals surface area contributed by atoms with Crippen molar-refractivity contribution in [2.75, 3.05) is 5.32 Å². The lowest BCUT2D eigenvalue weighted by atomic mass is 10.0. The lowest BCUT2D eigenvalue weighted by molar-refractivity contribution is -0.115. The second-order valence-electron chi connectivity index (χ2n) is 8.67. The molecule has 7 heteroatoms. The van der Waals surface area contributed by atoms with Gasteiger partial charge in [-0.25, -0.2) is 9.98 Å². The third-order valence-corrected chi connectivity index (χ3v) is 8.62. The molecule has 0 spiro atoms. The molecule has 0 radical (unpaired) electrons. The van der Waals surface area contributed by atoms with Gasteiger partial charge in [0.25, 0.3) is 0 Å². The minimum atomic E-state index is -0.593. The number of benzene rings is 3. The molecule has 0 saturated heterocycles. The van der Waals surface area contributed by atoms with E-state index < -0.39 is 5.25 Å². The Kier molecular flexibility index (Phi) is 6.94. The van der Waals surface area contributed by atoms with Crippen LogP contribution in [-0.4, -0.2) is 21.2 Å². The van der Waals surface area contributed by atoms with E-state index in [1.165, 1.54) is 11.8 Å². The Labute approximate surface area is 219 Å². The molecule has 3 N–H and O–H groups in total. The Hall–Kier alpha value is -3.42. The highest BCUT2D eigenvalue weighted by Gasteiger charge is 2.37. The first-order valence-electron chi connectivity index (χ1n) is 12.1. The third-order valence-electron chi connectivity index (χ3n) is 6.34. The SMILES string of the molecule is CCc1cccc(CC)c1NC(=O)[C@H]1SC(=Nc2ccccc2C)C(c2nc3ccccc3s2)=C1N. The number of rotatable bonds is 6. The molecule has 1 aliphatic heterocycles. The minimum Gasteiger partial charge on any atom is -0.400 e. The van der Waals surface area contributed by atoms with Crippen molar-refractivity contribution >= 4 is 61.2 Å². The zero-order chi connectivity index (χ0) is 25.2. The van der Waals surface area contributed by atoms with Gasteiger partial charge in [-0.1, -0.05) is 74.1 Å². The maximum atomic E-state index is 13.7. The predicted octanol–water partition coefficient (Wildman–Crippen LogP) is 6.88. The second-order valence-corrected chi connectivity index (χ2v) is 10.8. The predicted molar refractivity (Wildman–Crippen MR) is 154 cm³/mol. The van der Waals surface area contributed by atoms with Crippen LogP contribution in [0, 0.1) is 6.92 Å². The Morgan fingerprint density at radius 3 is 2.39 bits per heavy atom. The van der Waals surface area contributed by atoms with Crippen LogP contribution in [0.2, 0.25) is 0 Å². The molecule has 1 atom stereocenters. The average molecular weight is 513 g/mol. The van der Waals surface area contributed by atoms with Crippen LogP contribution in [0.15, 0.2) is 77.4 Å².